The third kappa shape index (κ3) is 4.83. The largest absolute Gasteiger partial charge is 0.479 e. The molecule has 0 aromatic heterocycles. The second kappa shape index (κ2) is 6.65. The van der Waals surface area contributed by atoms with Crippen molar-refractivity contribution in [1.82, 2.24) is 4.90 Å². The first kappa shape index (κ1) is 19.7. The van der Waals surface area contributed by atoms with Crippen LogP contribution in [0.15, 0.2) is 18.2 Å². The highest BCUT2D eigenvalue weighted by Crippen LogP contribution is 2.32. The number of amides is 1. The van der Waals surface area contributed by atoms with Crippen molar-refractivity contribution in [1.29, 1.82) is 0 Å². The van der Waals surface area contributed by atoms with Crippen molar-refractivity contribution < 1.29 is 45.4 Å². The van der Waals surface area contributed by atoms with Gasteiger partial charge >= 0.3 is 24.2 Å². The molecule has 0 bridgehead atoms. The molecule has 0 aliphatic rings. The molecule has 1 atom stereocenters. The summed E-state index contributed by atoms with van der Waals surface area (Å²) in [5.74, 6) is -5.95. The molecule has 0 aliphatic carbocycles. The van der Waals surface area contributed by atoms with Gasteiger partial charge in [0.2, 0.25) is 0 Å². The standard InChI is InChI=1S/C13H10F7NO3/c1-6-4-7(14)2-3-8(6)9(10(22)23)21(5-12(15,16)17)11(24)13(18,19)20/h2-4,9H,5H2,1H3,(H,22,23). The van der Waals surface area contributed by atoms with Gasteiger partial charge in [-0.3, -0.25) is 4.79 Å². The highest BCUT2D eigenvalue weighted by molar-refractivity contribution is 5.88. The maximum absolute atomic E-state index is 13.0. The molecule has 1 aromatic carbocycles. The number of hydrogen-bond acceptors (Lipinski definition) is 2. The molecular weight excluding hydrogens is 351 g/mol. The normalized spacial score (nSPS) is 13.5. The number of rotatable bonds is 4. The Labute approximate surface area is 130 Å². The lowest BCUT2D eigenvalue weighted by molar-refractivity contribution is -0.204. The minimum Gasteiger partial charge on any atom is -0.479 e. The van der Waals surface area contributed by atoms with E-state index in [4.69, 9.17) is 5.11 Å². The summed E-state index contributed by atoms with van der Waals surface area (Å²) in [6.45, 7) is -1.34. The topological polar surface area (TPSA) is 57.6 Å². The maximum Gasteiger partial charge on any atom is 0.471 e. The number of halogens is 7. The second-order valence-corrected chi connectivity index (χ2v) is 4.79. The molecule has 1 unspecified atom stereocenters. The van der Waals surface area contributed by atoms with E-state index in [1.54, 1.807) is 0 Å². The van der Waals surface area contributed by atoms with E-state index in [0.29, 0.717) is 6.07 Å². The molecule has 11 heteroatoms. The summed E-state index contributed by atoms with van der Waals surface area (Å²) >= 11 is 0. The zero-order valence-corrected chi connectivity index (χ0v) is 11.9. The van der Waals surface area contributed by atoms with Crippen LogP contribution in [0.5, 0.6) is 0 Å². The highest BCUT2D eigenvalue weighted by atomic mass is 19.4. The third-order valence-corrected chi connectivity index (χ3v) is 2.93. The molecular formula is C13H10F7NO3. The summed E-state index contributed by atoms with van der Waals surface area (Å²) in [6.07, 6.45) is -11.0. The van der Waals surface area contributed by atoms with E-state index in [2.05, 4.69) is 0 Å². The summed E-state index contributed by atoms with van der Waals surface area (Å²) in [4.78, 5) is 21.7. The maximum atomic E-state index is 13.0. The summed E-state index contributed by atoms with van der Waals surface area (Å²) in [5.41, 5.74) is -0.782. The predicted octanol–water partition coefficient (Wildman–Crippen LogP) is 3.21. The van der Waals surface area contributed by atoms with Gasteiger partial charge in [0, 0.05) is 0 Å². The fourth-order valence-electron chi connectivity index (χ4n) is 2.02. The van der Waals surface area contributed by atoms with Gasteiger partial charge in [0.1, 0.15) is 12.4 Å². The molecule has 0 radical (unpaired) electrons. The van der Waals surface area contributed by atoms with E-state index < -0.39 is 53.1 Å². The van der Waals surface area contributed by atoms with Gasteiger partial charge in [-0.1, -0.05) is 6.07 Å². The average molecular weight is 361 g/mol. The number of aliphatic carboxylic acids is 1. The van der Waals surface area contributed by atoms with Crippen molar-refractivity contribution in [2.24, 2.45) is 0 Å². The minimum atomic E-state index is -5.72. The Morgan fingerprint density at radius 1 is 1.17 bits per heavy atom. The fourth-order valence-corrected chi connectivity index (χ4v) is 2.02. The Morgan fingerprint density at radius 2 is 1.71 bits per heavy atom. The highest BCUT2D eigenvalue weighted by Gasteiger charge is 2.50. The van der Waals surface area contributed by atoms with E-state index >= 15 is 0 Å². The molecule has 0 aliphatic heterocycles. The lowest BCUT2D eigenvalue weighted by Gasteiger charge is -2.31. The van der Waals surface area contributed by atoms with E-state index in [1.165, 1.54) is 0 Å². The summed E-state index contributed by atoms with van der Waals surface area (Å²) in [6, 6.07) is -0.463. The van der Waals surface area contributed by atoms with E-state index in [1.807, 2.05) is 0 Å². The van der Waals surface area contributed by atoms with Crippen LogP contribution in [-0.2, 0) is 9.59 Å². The Bertz CT molecular complexity index is 639. The lowest BCUT2D eigenvalue weighted by atomic mass is 9.99. The van der Waals surface area contributed by atoms with Crippen LogP contribution in [0.4, 0.5) is 30.7 Å². The number of nitrogens with zero attached hydrogens (tertiary/aromatic N) is 1. The third-order valence-electron chi connectivity index (χ3n) is 2.93. The van der Waals surface area contributed by atoms with Gasteiger partial charge < -0.3 is 10.0 Å². The Morgan fingerprint density at radius 3 is 2.08 bits per heavy atom. The van der Waals surface area contributed by atoms with Crippen molar-refractivity contribution in [2.45, 2.75) is 25.3 Å². The van der Waals surface area contributed by atoms with Gasteiger partial charge in [0.05, 0.1) is 0 Å². The van der Waals surface area contributed by atoms with Gasteiger partial charge in [0.15, 0.2) is 6.04 Å². The molecule has 0 saturated heterocycles. The zero-order valence-electron chi connectivity index (χ0n) is 11.9. The van der Waals surface area contributed by atoms with Crippen LogP contribution >= 0.6 is 0 Å². The average Bonchev–Trinajstić information content (AvgIpc) is 2.36. The number of benzene rings is 1. The number of hydrogen-bond donors (Lipinski definition) is 1. The molecule has 4 nitrogen and oxygen atoms in total. The van der Waals surface area contributed by atoms with Crippen LogP contribution in [0.1, 0.15) is 17.2 Å². The minimum absolute atomic E-state index is 0.218. The Hall–Kier alpha value is -2.33. The van der Waals surface area contributed by atoms with Gasteiger partial charge in [-0.05, 0) is 30.2 Å². The molecule has 0 heterocycles. The molecule has 1 rings (SSSR count). The van der Waals surface area contributed by atoms with Crippen molar-refractivity contribution in [2.75, 3.05) is 6.54 Å². The predicted molar refractivity (Wildman–Crippen MR) is 65.3 cm³/mol. The monoisotopic (exact) mass is 361 g/mol. The van der Waals surface area contributed by atoms with Crippen LogP contribution in [0, 0.1) is 12.7 Å². The SMILES string of the molecule is Cc1cc(F)ccc1C(C(=O)O)N(CC(F)(F)F)C(=O)C(F)(F)F. The summed E-state index contributed by atoms with van der Waals surface area (Å²) in [7, 11) is 0. The van der Waals surface area contributed by atoms with Crippen molar-refractivity contribution in [3.05, 3.63) is 35.1 Å². The summed E-state index contributed by atoms with van der Waals surface area (Å²) < 4.78 is 88.4. The number of alkyl halides is 6. The number of carbonyl (C=O) groups is 2. The number of carboxylic acids is 1. The molecule has 24 heavy (non-hydrogen) atoms. The van der Waals surface area contributed by atoms with Crippen LogP contribution in [0.25, 0.3) is 0 Å². The van der Waals surface area contributed by atoms with Gasteiger partial charge in [-0.25, -0.2) is 9.18 Å². The van der Waals surface area contributed by atoms with Crippen LogP contribution in [-0.4, -0.2) is 40.8 Å². The van der Waals surface area contributed by atoms with E-state index in [-0.39, 0.29) is 5.56 Å². The second-order valence-electron chi connectivity index (χ2n) is 4.79. The van der Waals surface area contributed by atoms with Gasteiger partial charge in [-0.15, -0.1) is 0 Å². The van der Waals surface area contributed by atoms with Crippen molar-refractivity contribution in [3.8, 4) is 0 Å². The van der Waals surface area contributed by atoms with Crippen LogP contribution < -0.4 is 0 Å². The number of carboxylic acid groups (broad SMARTS) is 1. The Kier molecular flexibility index (Phi) is 5.47. The molecule has 0 spiro atoms. The van der Waals surface area contributed by atoms with Crippen molar-refractivity contribution >= 4 is 11.9 Å². The lowest BCUT2D eigenvalue weighted by Crippen LogP contribution is -2.49. The Balaban J connectivity index is 3.48. The molecule has 134 valence electrons. The molecule has 1 amide bonds. The quantitative estimate of drug-likeness (QED) is 0.838. The molecule has 1 aromatic rings. The molecule has 1 N–H and O–H groups in total. The summed E-state index contributed by atoms with van der Waals surface area (Å²) in [5, 5.41) is 9.08. The number of aryl methyl sites for hydroxylation is 1. The first-order chi connectivity index (χ1) is 10.7. The van der Waals surface area contributed by atoms with Gasteiger partial charge in [0.25, 0.3) is 0 Å². The smallest absolute Gasteiger partial charge is 0.471 e. The zero-order chi connectivity index (χ0) is 18.9. The van der Waals surface area contributed by atoms with E-state index in [9.17, 15) is 40.3 Å². The van der Waals surface area contributed by atoms with Crippen LogP contribution in [0.3, 0.4) is 0 Å². The van der Waals surface area contributed by atoms with E-state index in [0.717, 1.165) is 19.1 Å². The van der Waals surface area contributed by atoms with Gasteiger partial charge in [-0.2, -0.15) is 26.3 Å². The molecule has 0 saturated carbocycles. The molecule has 0 fully saturated rings. The first-order valence-corrected chi connectivity index (χ1v) is 6.17. The van der Waals surface area contributed by atoms with Crippen molar-refractivity contribution in [3.63, 3.8) is 0 Å². The van der Waals surface area contributed by atoms with Crippen LogP contribution in [0.2, 0.25) is 0 Å². The fraction of sp³-hybridized carbons (Fsp3) is 0.385. The number of carbonyl (C=O) groups excluding carboxylic acids is 1. The first-order valence-electron chi connectivity index (χ1n) is 6.17.